The number of rotatable bonds is 7. The summed E-state index contributed by atoms with van der Waals surface area (Å²) in [7, 11) is 0. The van der Waals surface area contributed by atoms with Gasteiger partial charge < -0.3 is 24.8 Å². The Kier molecular flexibility index (Phi) is 7.47. The van der Waals surface area contributed by atoms with Crippen LogP contribution in [0.4, 0.5) is 13.6 Å². The number of carboxylic acid groups (broad SMARTS) is 1. The maximum atomic E-state index is 14.2. The molecule has 2 N–H and O–H groups in total. The summed E-state index contributed by atoms with van der Waals surface area (Å²) in [5.74, 6) is -0.496. The van der Waals surface area contributed by atoms with Gasteiger partial charge in [0, 0.05) is 43.3 Å². The zero-order valence-corrected chi connectivity index (χ0v) is 19.1. The van der Waals surface area contributed by atoms with Gasteiger partial charge >= 0.3 is 6.09 Å². The van der Waals surface area contributed by atoms with Crippen molar-refractivity contribution >= 4 is 12.0 Å². The minimum absolute atomic E-state index is 0.00238. The number of carbonyl (C=O) groups excluding carboxylic acids is 1. The Balaban J connectivity index is 1.45. The number of alkyl halides is 1. The van der Waals surface area contributed by atoms with Crippen LogP contribution >= 0.6 is 0 Å². The van der Waals surface area contributed by atoms with Gasteiger partial charge in [0.15, 0.2) is 11.6 Å². The fourth-order valence-corrected chi connectivity index (χ4v) is 3.53. The first-order chi connectivity index (χ1) is 17.3. The predicted octanol–water partition coefficient (Wildman–Crippen LogP) is 3.08. The molecule has 0 aliphatic carbocycles. The van der Waals surface area contributed by atoms with E-state index < -0.39 is 30.0 Å². The second-order valence-electron chi connectivity index (χ2n) is 7.81. The van der Waals surface area contributed by atoms with Crippen LogP contribution in [-0.4, -0.2) is 73.9 Å². The summed E-state index contributed by atoms with van der Waals surface area (Å²) in [5.41, 5.74) is 0.545. The number of pyridine rings is 2. The van der Waals surface area contributed by atoms with Crippen LogP contribution in [0.2, 0.25) is 0 Å². The highest BCUT2D eigenvalue weighted by atomic mass is 19.1. The molecule has 0 aromatic carbocycles. The van der Waals surface area contributed by atoms with Crippen molar-refractivity contribution in [1.82, 2.24) is 30.2 Å². The number of hydrogen-bond acceptors (Lipinski definition) is 8. The number of ether oxygens (including phenoxy) is 2. The van der Waals surface area contributed by atoms with E-state index in [9.17, 15) is 18.4 Å². The molecule has 0 spiro atoms. The number of carbonyl (C=O) groups is 2. The fourth-order valence-electron chi connectivity index (χ4n) is 3.53. The number of halogens is 2. The Morgan fingerprint density at radius 1 is 1.17 bits per heavy atom. The van der Waals surface area contributed by atoms with E-state index in [0.717, 1.165) is 17.2 Å². The Labute approximate surface area is 204 Å². The van der Waals surface area contributed by atoms with Crippen LogP contribution in [0.25, 0.3) is 11.4 Å². The van der Waals surface area contributed by atoms with Crippen LogP contribution in [0.5, 0.6) is 17.4 Å². The number of nitrogens with one attached hydrogen (secondary N) is 1. The van der Waals surface area contributed by atoms with Gasteiger partial charge in [-0.15, -0.1) is 0 Å². The average Bonchev–Trinajstić information content (AvgIpc) is 2.87. The molecule has 36 heavy (non-hydrogen) atoms. The topological polar surface area (TPSA) is 140 Å². The summed E-state index contributed by atoms with van der Waals surface area (Å²) in [4.78, 5) is 41.1. The molecule has 188 valence electrons. The number of amides is 2. The van der Waals surface area contributed by atoms with Crippen molar-refractivity contribution in [1.29, 1.82) is 0 Å². The minimum atomic E-state index is -1.36. The van der Waals surface area contributed by atoms with Crippen LogP contribution in [0.15, 0.2) is 43.1 Å². The third kappa shape index (κ3) is 5.79. The SMILES string of the molecule is CCOc1cc(F)cnc1Oc1cncc(-c2ncc(C(=O)N[C@@H]3CN(C(=O)O)CCC3F)cn2)c1. The zero-order chi connectivity index (χ0) is 25.7. The molecule has 4 heterocycles. The predicted molar refractivity (Wildman–Crippen MR) is 121 cm³/mol. The fraction of sp³-hybridized carbons (Fsp3) is 0.304. The number of likely N-dealkylation sites (tertiary alicyclic amines) is 1. The summed E-state index contributed by atoms with van der Waals surface area (Å²) in [6.07, 6.45) is 3.91. The van der Waals surface area contributed by atoms with Gasteiger partial charge in [-0.1, -0.05) is 0 Å². The summed E-state index contributed by atoms with van der Waals surface area (Å²) in [6.45, 7) is 1.96. The lowest BCUT2D eigenvalue weighted by Crippen LogP contribution is -2.54. The van der Waals surface area contributed by atoms with Gasteiger partial charge in [-0.05, 0) is 19.4 Å². The highest BCUT2D eigenvalue weighted by Gasteiger charge is 2.32. The van der Waals surface area contributed by atoms with Crippen molar-refractivity contribution < 1.29 is 33.0 Å². The van der Waals surface area contributed by atoms with Gasteiger partial charge in [-0.3, -0.25) is 9.78 Å². The van der Waals surface area contributed by atoms with E-state index in [1.807, 2.05) is 0 Å². The molecule has 2 amide bonds. The minimum Gasteiger partial charge on any atom is -0.488 e. The summed E-state index contributed by atoms with van der Waals surface area (Å²) in [5, 5.41) is 11.6. The highest BCUT2D eigenvalue weighted by Crippen LogP contribution is 2.31. The Hall–Kier alpha value is -4.42. The lowest BCUT2D eigenvalue weighted by Gasteiger charge is -2.33. The lowest BCUT2D eigenvalue weighted by atomic mass is 10.0. The Morgan fingerprint density at radius 2 is 1.94 bits per heavy atom. The summed E-state index contributed by atoms with van der Waals surface area (Å²) >= 11 is 0. The maximum absolute atomic E-state index is 14.2. The quantitative estimate of drug-likeness (QED) is 0.501. The van der Waals surface area contributed by atoms with Crippen molar-refractivity contribution in [2.75, 3.05) is 19.7 Å². The van der Waals surface area contributed by atoms with E-state index in [2.05, 4.69) is 25.3 Å². The van der Waals surface area contributed by atoms with Crippen molar-refractivity contribution in [3.63, 3.8) is 0 Å². The Bertz CT molecular complexity index is 1250. The molecule has 0 radical (unpaired) electrons. The normalized spacial score (nSPS) is 17.4. The van der Waals surface area contributed by atoms with Crippen molar-refractivity contribution in [2.45, 2.75) is 25.6 Å². The average molecular weight is 500 g/mol. The third-order valence-electron chi connectivity index (χ3n) is 5.30. The number of aromatic nitrogens is 4. The van der Waals surface area contributed by atoms with Crippen LogP contribution in [-0.2, 0) is 0 Å². The molecule has 3 aromatic heterocycles. The molecule has 2 atom stereocenters. The first kappa shape index (κ1) is 24.7. The molecule has 4 rings (SSSR count). The van der Waals surface area contributed by atoms with Gasteiger partial charge in [-0.25, -0.2) is 28.5 Å². The van der Waals surface area contributed by atoms with E-state index in [-0.39, 0.29) is 54.9 Å². The summed E-state index contributed by atoms with van der Waals surface area (Å²) in [6, 6.07) is 1.77. The molecule has 0 saturated carbocycles. The van der Waals surface area contributed by atoms with Gasteiger partial charge in [0.1, 0.15) is 17.7 Å². The zero-order valence-electron chi connectivity index (χ0n) is 19.1. The number of piperidine rings is 1. The van der Waals surface area contributed by atoms with Crippen LogP contribution in [0.3, 0.4) is 0 Å². The Morgan fingerprint density at radius 3 is 2.67 bits per heavy atom. The molecular formula is C23H22F2N6O5. The number of hydrogen-bond donors (Lipinski definition) is 2. The van der Waals surface area contributed by atoms with Gasteiger partial charge in [0.2, 0.25) is 0 Å². The second-order valence-corrected chi connectivity index (χ2v) is 7.81. The van der Waals surface area contributed by atoms with E-state index in [1.54, 1.807) is 13.0 Å². The first-order valence-corrected chi connectivity index (χ1v) is 11.0. The highest BCUT2D eigenvalue weighted by molar-refractivity contribution is 5.94. The molecule has 13 heteroatoms. The van der Waals surface area contributed by atoms with E-state index >= 15 is 0 Å². The molecule has 0 bridgehead atoms. The van der Waals surface area contributed by atoms with Crippen LogP contribution in [0, 0.1) is 5.82 Å². The summed E-state index contributed by atoms with van der Waals surface area (Å²) < 4.78 is 38.7. The second kappa shape index (κ2) is 10.9. The third-order valence-corrected chi connectivity index (χ3v) is 5.30. The van der Waals surface area contributed by atoms with E-state index in [0.29, 0.717) is 5.56 Å². The van der Waals surface area contributed by atoms with Gasteiger partial charge in [-0.2, -0.15) is 0 Å². The molecule has 3 aromatic rings. The first-order valence-electron chi connectivity index (χ1n) is 11.0. The van der Waals surface area contributed by atoms with Gasteiger partial charge in [0.25, 0.3) is 11.8 Å². The van der Waals surface area contributed by atoms with E-state index in [1.165, 1.54) is 24.8 Å². The van der Waals surface area contributed by atoms with Crippen molar-refractivity contribution in [3.8, 4) is 28.8 Å². The molecule has 1 aliphatic rings. The van der Waals surface area contributed by atoms with Gasteiger partial charge in [0.05, 0.1) is 30.6 Å². The molecule has 11 nitrogen and oxygen atoms in total. The molecule has 1 fully saturated rings. The standard InChI is InChI=1S/C23H22F2N6O5/c1-2-35-19-6-15(24)10-29-22(19)36-16-5-13(7-26-11-16)20-27-8-14(9-28-20)21(32)30-18-12-31(23(33)34)4-3-17(18)25/h5-11,17-18H,2-4,12H2,1H3,(H,30,32)(H,33,34)/t17?,18-/m1/s1. The van der Waals surface area contributed by atoms with Crippen LogP contribution in [0.1, 0.15) is 23.7 Å². The van der Waals surface area contributed by atoms with Crippen molar-refractivity contribution in [2.24, 2.45) is 0 Å². The lowest BCUT2D eigenvalue weighted by molar-refractivity contribution is 0.0752. The molecular weight excluding hydrogens is 478 g/mol. The largest absolute Gasteiger partial charge is 0.488 e. The molecule has 1 aliphatic heterocycles. The van der Waals surface area contributed by atoms with E-state index in [4.69, 9.17) is 14.6 Å². The number of nitrogens with zero attached hydrogens (tertiary/aromatic N) is 5. The smallest absolute Gasteiger partial charge is 0.407 e. The molecule has 1 saturated heterocycles. The monoisotopic (exact) mass is 500 g/mol. The van der Waals surface area contributed by atoms with Crippen LogP contribution < -0.4 is 14.8 Å². The maximum Gasteiger partial charge on any atom is 0.407 e. The van der Waals surface area contributed by atoms with Crippen molar-refractivity contribution in [3.05, 3.63) is 54.5 Å². The molecule has 1 unspecified atom stereocenters.